The number of benzene rings is 2. The van der Waals surface area contributed by atoms with Crippen LogP contribution in [0.2, 0.25) is 0 Å². The molecule has 0 bridgehead atoms. The Balaban J connectivity index is 1.39. The van der Waals surface area contributed by atoms with E-state index >= 15 is 0 Å². The number of hydrogen-bond acceptors (Lipinski definition) is 5. The molecule has 2 saturated heterocycles. The zero-order chi connectivity index (χ0) is 22.1. The molecule has 3 amide bonds. The van der Waals surface area contributed by atoms with Gasteiger partial charge in [0.05, 0.1) is 11.4 Å². The summed E-state index contributed by atoms with van der Waals surface area (Å²) in [6.07, 6.45) is 7.67. The number of hydrogen-bond donors (Lipinski definition) is 1. The lowest BCUT2D eigenvalue weighted by molar-refractivity contribution is -0.121. The smallest absolute Gasteiger partial charge is 0.255 e. The minimum absolute atomic E-state index is 0.208. The summed E-state index contributed by atoms with van der Waals surface area (Å²) in [5, 5.41) is 4.96. The molecule has 0 atom stereocenters. The molecule has 1 aromatic heterocycles. The second kappa shape index (κ2) is 8.42. The van der Waals surface area contributed by atoms with Crippen LogP contribution < -0.4 is 15.1 Å². The van der Waals surface area contributed by atoms with E-state index in [1.54, 1.807) is 36.7 Å². The molecule has 32 heavy (non-hydrogen) atoms. The minimum Gasteiger partial charge on any atom is -0.371 e. The van der Waals surface area contributed by atoms with Gasteiger partial charge in [0.1, 0.15) is 0 Å². The predicted octanol–water partition coefficient (Wildman–Crippen LogP) is 4.13. The number of carbonyl (C=O) groups is 3. The predicted molar refractivity (Wildman–Crippen MR) is 124 cm³/mol. The first-order valence-electron chi connectivity index (χ1n) is 11.0. The molecule has 0 aliphatic carbocycles. The number of anilines is 3. The van der Waals surface area contributed by atoms with Crippen LogP contribution in [-0.4, -0.2) is 35.8 Å². The number of fused-ring (bicyclic) bond motifs is 1. The van der Waals surface area contributed by atoms with Crippen LogP contribution in [0, 0.1) is 0 Å². The van der Waals surface area contributed by atoms with Crippen LogP contribution in [0.25, 0.3) is 10.8 Å². The fourth-order valence-electron chi connectivity index (χ4n) is 4.51. The summed E-state index contributed by atoms with van der Waals surface area (Å²) in [7, 11) is 0. The van der Waals surface area contributed by atoms with E-state index in [2.05, 4.69) is 21.3 Å². The second-order valence-corrected chi connectivity index (χ2v) is 8.23. The van der Waals surface area contributed by atoms with Gasteiger partial charge in [0.25, 0.3) is 5.91 Å². The summed E-state index contributed by atoms with van der Waals surface area (Å²) in [5.41, 5.74) is 2.82. The van der Waals surface area contributed by atoms with Crippen LogP contribution in [0.3, 0.4) is 0 Å². The molecule has 2 aliphatic heterocycles. The molecule has 2 fully saturated rings. The molecule has 3 heterocycles. The van der Waals surface area contributed by atoms with Crippen LogP contribution in [-0.2, 0) is 9.59 Å². The van der Waals surface area contributed by atoms with Gasteiger partial charge in [-0.05, 0) is 61.7 Å². The van der Waals surface area contributed by atoms with Crippen LogP contribution in [0.1, 0.15) is 42.5 Å². The maximum Gasteiger partial charge on any atom is 0.255 e. The molecular weight excluding hydrogens is 404 g/mol. The van der Waals surface area contributed by atoms with Crippen molar-refractivity contribution in [3.8, 4) is 0 Å². The largest absolute Gasteiger partial charge is 0.371 e. The normalized spacial score (nSPS) is 16.6. The number of carbonyl (C=O) groups excluding carboxylic acids is 3. The first-order chi connectivity index (χ1) is 15.6. The number of pyridine rings is 1. The molecule has 0 unspecified atom stereocenters. The van der Waals surface area contributed by atoms with E-state index in [1.165, 1.54) is 29.8 Å². The SMILES string of the molecule is O=C(Nc1ccc(N2CCCCC2)c2ccncc12)c1ccc(N2C(=O)CCC2=O)cc1. The van der Waals surface area contributed by atoms with E-state index in [4.69, 9.17) is 0 Å². The van der Waals surface area contributed by atoms with Gasteiger partial charge in [0.2, 0.25) is 11.8 Å². The molecule has 0 saturated carbocycles. The third-order valence-corrected chi connectivity index (χ3v) is 6.18. The first-order valence-corrected chi connectivity index (χ1v) is 11.0. The van der Waals surface area contributed by atoms with E-state index in [1.807, 2.05) is 12.1 Å². The molecule has 5 rings (SSSR count). The van der Waals surface area contributed by atoms with Crippen molar-refractivity contribution < 1.29 is 14.4 Å². The summed E-state index contributed by atoms with van der Waals surface area (Å²) in [6.45, 7) is 2.08. The summed E-state index contributed by atoms with van der Waals surface area (Å²) in [6, 6.07) is 12.5. The van der Waals surface area contributed by atoms with Crippen molar-refractivity contribution in [2.24, 2.45) is 0 Å². The third-order valence-electron chi connectivity index (χ3n) is 6.18. The topological polar surface area (TPSA) is 82.6 Å². The Hall–Kier alpha value is -3.74. The molecular formula is C25H24N4O3. The van der Waals surface area contributed by atoms with Crippen molar-refractivity contribution in [3.05, 3.63) is 60.4 Å². The average molecular weight is 428 g/mol. The van der Waals surface area contributed by atoms with Crippen LogP contribution in [0.4, 0.5) is 17.1 Å². The highest BCUT2D eigenvalue weighted by Crippen LogP contribution is 2.33. The number of nitrogens with one attached hydrogen (secondary N) is 1. The van der Waals surface area contributed by atoms with Crippen molar-refractivity contribution >= 4 is 45.6 Å². The van der Waals surface area contributed by atoms with E-state index in [0.717, 1.165) is 23.9 Å². The fourth-order valence-corrected chi connectivity index (χ4v) is 4.51. The standard InChI is InChI=1S/C25H24N4O3/c30-23-10-11-24(31)29(23)18-6-4-17(5-7-18)25(32)27-21-8-9-22(28-14-2-1-3-15-28)19-12-13-26-16-20(19)21/h4-9,12-13,16H,1-3,10-11,14-15H2,(H,27,32). The summed E-state index contributed by atoms with van der Waals surface area (Å²) >= 11 is 0. The van der Waals surface area contributed by atoms with Gasteiger partial charge in [-0.3, -0.25) is 24.3 Å². The monoisotopic (exact) mass is 428 g/mol. The minimum atomic E-state index is -0.258. The fraction of sp³-hybridized carbons (Fsp3) is 0.280. The number of nitrogens with zero attached hydrogens (tertiary/aromatic N) is 3. The maximum absolute atomic E-state index is 12.9. The Morgan fingerprint density at radius 1 is 0.844 bits per heavy atom. The molecule has 2 aliphatic rings. The lowest BCUT2D eigenvalue weighted by Crippen LogP contribution is -2.29. The van der Waals surface area contributed by atoms with Crippen molar-refractivity contribution in [1.29, 1.82) is 0 Å². The molecule has 3 aromatic rings. The summed E-state index contributed by atoms with van der Waals surface area (Å²) in [4.78, 5) is 44.6. The Bertz CT molecular complexity index is 1180. The molecule has 7 heteroatoms. The zero-order valence-electron chi connectivity index (χ0n) is 17.7. The highest BCUT2D eigenvalue weighted by Gasteiger charge is 2.30. The van der Waals surface area contributed by atoms with Gasteiger partial charge in [-0.2, -0.15) is 0 Å². The van der Waals surface area contributed by atoms with Gasteiger partial charge in [-0.25, -0.2) is 0 Å². The van der Waals surface area contributed by atoms with E-state index < -0.39 is 0 Å². The Kier molecular flexibility index (Phi) is 5.31. The highest BCUT2D eigenvalue weighted by molar-refractivity contribution is 6.20. The van der Waals surface area contributed by atoms with Crippen molar-refractivity contribution in [2.45, 2.75) is 32.1 Å². The molecule has 0 radical (unpaired) electrons. The van der Waals surface area contributed by atoms with Crippen LogP contribution >= 0.6 is 0 Å². The number of amides is 3. The van der Waals surface area contributed by atoms with E-state index in [-0.39, 0.29) is 30.6 Å². The third kappa shape index (κ3) is 3.70. The van der Waals surface area contributed by atoms with Gasteiger partial charge in [0.15, 0.2) is 0 Å². The molecule has 7 nitrogen and oxygen atoms in total. The molecule has 162 valence electrons. The Morgan fingerprint density at radius 2 is 1.56 bits per heavy atom. The van der Waals surface area contributed by atoms with Gasteiger partial charge >= 0.3 is 0 Å². The first kappa shape index (κ1) is 20.2. The van der Waals surface area contributed by atoms with Crippen molar-refractivity contribution in [2.75, 3.05) is 28.2 Å². The number of imide groups is 1. The molecule has 1 N–H and O–H groups in total. The number of rotatable bonds is 4. The highest BCUT2D eigenvalue weighted by atomic mass is 16.2. The van der Waals surface area contributed by atoms with Crippen molar-refractivity contribution in [3.63, 3.8) is 0 Å². The quantitative estimate of drug-likeness (QED) is 0.632. The average Bonchev–Trinajstić information content (AvgIpc) is 3.17. The number of piperidine rings is 1. The lowest BCUT2D eigenvalue weighted by atomic mass is 10.0. The van der Waals surface area contributed by atoms with Gasteiger partial charge < -0.3 is 10.2 Å². The summed E-state index contributed by atoms with van der Waals surface area (Å²) < 4.78 is 0. The Morgan fingerprint density at radius 3 is 2.28 bits per heavy atom. The van der Waals surface area contributed by atoms with E-state index in [9.17, 15) is 14.4 Å². The lowest BCUT2D eigenvalue weighted by Gasteiger charge is -2.30. The van der Waals surface area contributed by atoms with Gasteiger partial charge in [-0.15, -0.1) is 0 Å². The molecule has 2 aromatic carbocycles. The van der Waals surface area contributed by atoms with Gasteiger partial charge in [-0.1, -0.05) is 0 Å². The maximum atomic E-state index is 12.9. The zero-order valence-corrected chi connectivity index (χ0v) is 17.7. The van der Waals surface area contributed by atoms with Crippen LogP contribution in [0.15, 0.2) is 54.9 Å². The Labute approximate surface area is 186 Å². The number of aromatic nitrogens is 1. The van der Waals surface area contributed by atoms with E-state index in [0.29, 0.717) is 16.9 Å². The van der Waals surface area contributed by atoms with Crippen molar-refractivity contribution in [1.82, 2.24) is 4.98 Å². The second-order valence-electron chi connectivity index (χ2n) is 8.23. The van der Waals surface area contributed by atoms with Gasteiger partial charge in [0, 0.05) is 60.3 Å². The van der Waals surface area contributed by atoms with Crippen LogP contribution in [0.5, 0.6) is 0 Å². The summed E-state index contributed by atoms with van der Waals surface area (Å²) in [5.74, 6) is -0.675. The molecule has 0 spiro atoms.